The summed E-state index contributed by atoms with van der Waals surface area (Å²) in [5.41, 5.74) is -0.863. The average Bonchev–Trinajstić information content (AvgIpc) is 1.70. The number of carbonyl (C=O) groups is 4. The molecule has 17 fully saturated rings. The summed E-state index contributed by atoms with van der Waals surface area (Å²) in [6, 6.07) is 7.77. The Morgan fingerprint density at radius 2 is 0.600 bits per heavy atom. The number of nitrogens with zero attached hydrogens (tertiary/aromatic N) is 6. The van der Waals surface area contributed by atoms with Crippen LogP contribution in [0.4, 0.5) is 0 Å². The van der Waals surface area contributed by atoms with E-state index in [0.29, 0.717) is 144 Å². The topological polar surface area (TPSA) is 283 Å². The van der Waals surface area contributed by atoms with E-state index in [9.17, 15) is 60.0 Å². The molecule has 3 aromatic rings. The van der Waals surface area contributed by atoms with Crippen molar-refractivity contribution in [1.29, 1.82) is 0 Å². The highest BCUT2D eigenvalue weighted by molar-refractivity contribution is 5.85. The van der Waals surface area contributed by atoms with Crippen LogP contribution in [-0.2, 0) is 43.5 Å². The summed E-state index contributed by atoms with van der Waals surface area (Å²) in [5, 5.41) is 91.8. The van der Waals surface area contributed by atoms with Crippen LogP contribution >= 0.6 is 0 Å². The van der Waals surface area contributed by atoms with Gasteiger partial charge in [-0.25, -0.2) is 0 Å². The fourth-order valence-corrected chi connectivity index (χ4v) is 37.1. The molecule has 8 N–H and O–H groups in total. The van der Waals surface area contributed by atoms with Gasteiger partial charge in [-0.2, -0.15) is 10.2 Å². The predicted molar refractivity (Wildman–Crippen MR) is 484 cm³/mol. The van der Waals surface area contributed by atoms with E-state index in [4.69, 9.17) is 4.74 Å². The molecule has 4 heterocycles. The van der Waals surface area contributed by atoms with E-state index in [0.717, 1.165) is 180 Å². The van der Waals surface area contributed by atoms with Crippen LogP contribution in [0.3, 0.4) is 0 Å². The predicted octanol–water partition coefficient (Wildman–Crippen LogP) is 16.9. The number of fused-ring (bicyclic) bond motifs is 20. The summed E-state index contributed by atoms with van der Waals surface area (Å²) in [5.74, 6) is 12.4. The summed E-state index contributed by atoms with van der Waals surface area (Å²) in [6.07, 6.45) is 54.1. The Morgan fingerprint density at radius 1 is 0.320 bits per heavy atom. The van der Waals surface area contributed by atoms with E-state index in [1.807, 2.05) is 81.3 Å². The molecule has 125 heavy (non-hydrogen) atoms. The summed E-state index contributed by atoms with van der Waals surface area (Å²) in [4.78, 5) is 55.6. The number of aromatic nitrogens is 5. The lowest BCUT2D eigenvalue weighted by atomic mass is 9.42. The first kappa shape index (κ1) is 92.8. The molecule has 19 nitrogen and oxygen atoms in total. The standard InChI is InChI=1S/C27H45NO4.C27H41NO3.2C26H40N2O3/c1-25(31)9-10-27(11-14-29)19(17-25)3-4-20-21-5-6-23(26(21,2)8-7-22(20)27)24(30)18-28-12-15-32-16-13-28;1-25(31)11-12-27(13-16-29)19(17-25)5-6-20-21-7-8-23(26(21,2)10-9-22(20)27)24(30)18-28-14-3-4-15-28;2*1-24(31)10-11-26(12-15-29)18(16-24)4-5-19-20-6-7-22(25(20,2)9-8-21(19)26)23(30)17-28-14-3-13-27-28/h19-23,29,31H,3-18H2,1-2H3;3-4,14-15,19-23,29,31H,5-13,16-18H2,1-2H3;2*3,13-14,18-22,29,31H,4-12,15-17H2,1-2H3/t2*19-,20-,21-,22-,23+,25+,26-,27+;2*18-,19-,20-,21-,22+,24+,25-,26+/m0000/s1. The Morgan fingerprint density at radius 3 is 0.872 bits per heavy atom. The van der Waals surface area contributed by atoms with Crippen molar-refractivity contribution in [1.82, 2.24) is 29.0 Å². The fraction of sp³-hybridized carbons (Fsp3) is 0.868. The number of ketones is 4. The van der Waals surface area contributed by atoms with E-state index in [1.54, 1.807) is 21.8 Å². The molecule has 17 aliphatic rings. The second-order valence-corrected chi connectivity index (χ2v) is 48.4. The number of hydrogen-bond acceptors (Lipinski definition) is 16. The molecule has 1 aliphatic heterocycles. The van der Waals surface area contributed by atoms with Gasteiger partial charge in [-0.05, 0) is 447 Å². The molecule has 0 aromatic carbocycles. The molecule has 0 unspecified atom stereocenters. The third-order valence-electron chi connectivity index (χ3n) is 42.7. The quantitative estimate of drug-likeness (QED) is 0.0522. The van der Waals surface area contributed by atoms with Gasteiger partial charge in [0.2, 0.25) is 0 Å². The van der Waals surface area contributed by atoms with E-state index < -0.39 is 22.4 Å². The Hall–Kier alpha value is -4.02. The normalized spacial score (nSPS) is 47.4. The summed E-state index contributed by atoms with van der Waals surface area (Å²) in [6.45, 7) is 24.0. The Kier molecular flexibility index (Phi) is 26.8. The van der Waals surface area contributed by atoms with Gasteiger partial charge in [0.15, 0.2) is 17.3 Å². The van der Waals surface area contributed by atoms with Crippen molar-refractivity contribution in [2.24, 2.45) is 162 Å². The van der Waals surface area contributed by atoms with Gasteiger partial charge in [0.1, 0.15) is 5.78 Å². The minimum atomic E-state index is -0.545. The molecule has 0 spiro atoms. The molecule has 0 amide bonds. The lowest BCUT2D eigenvalue weighted by Gasteiger charge is -2.63. The number of Topliss-reactive ketones (excluding diaryl/α,β-unsaturated/α-hetero) is 4. The van der Waals surface area contributed by atoms with Crippen LogP contribution in [0.15, 0.2) is 61.4 Å². The third kappa shape index (κ3) is 17.0. The molecule has 19 heteroatoms. The molecular weight excluding hydrogens is 1570 g/mol. The molecule has 32 atom stereocenters. The molecule has 1 saturated heterocycles. The van der Waals surface area contributed by atoms with Crippen LogP contribution < -0.4 is 0 Å². The highest BCUT2D eigenvalue weighted by Gasteiger charge is 2.69. The highest BCUT2D eigenvalue weighted by atomic mass is 16.5. The van der Waals surface area contributed by atoms with Gasteiger partial charge in [-0.3, -0.25) is 33.4 Å². The number of carbonyl (C=O) groups excluding carboxylic acids is 4. The Balaban J connectivity index is 0.000000118. The van der Waals surface area contributed by atoms with Crippen molar-refractivity contribution in [3.63, 3.8) is 0 Å². The van der Waals surface area contributed by atoms with Crippen LogP contribution in [-0.4, -0.2) is 175 Å². The molecule has 698 valence electrons. The lowest BCUT2D eigenvalue weighted by Crippen LogP contribution is -2.57. The van der Waals surface area contributed by atoms with Crippen molar-refractivity contribution >= 4 is 23.1 Å². The van der Waals surface area contributed by atoms with Crippen molar-refractivity contribution < 1.29 is 64.8 Å². The van der Waals surface area contributed by atoms with E-state index in [1.165, 1.54) is 103 Å². The van der Waals surface area contributed by atoms with Crippen LogP contribution in [0.25, 0.3) is 0 Å². The second-order valence-electron chi connectivity index (χ2n) is 48.4. The van der Waals surface area contributed by atoms with E-state index in [-0.39, 0.29) is 93.4 Å². The molecule has 16 aliphatic carbocycles. The van der Waals surface area contributed by atoms with Crippen molar-refractivity contribution in [2.45, 2.75) is 354 Å². The first-order valence-electron chi connectivity index (χ1n) is 51.5. The van der Waals surface area contributed by atoms with Gasteiger partial charge < -0.3 is 50.2 Å². The van der Waals surface area contributed by atoms with E-state index >= 15 is 0 Å². The number of aliphatic hydroxyl groups is 8. The first-order chi connectivity index (χ1) is 59.7. The molecule has 16 saturated carbocycles. The second kappa shape index (κ2) is 36.1. The molecule has 3 aromatic heterocycles. The fourth-order valence-electron chi connectivity index (χ4n) is 37.1. The third-order valence-corrected chi connectivity index (χ3v) is 42.7. The zero-order valence-corrected chi connectivity index (χ0v) is 78.4. The van der Waals surface area contributed by atoms with Crippen molar-refractivity contribution in [2.75, 3.05) is 59.3 Å². The van der Waals surface area contributed by atoms with Crippen LogP contribution in [0, 0.1) is 162 Å². The maximum atomic E-state index is 13.5. The maximum absolute atomic E-state index is 13.5. The average molecular weight is 1730 g/mol. The Bertz CT molecular complexity index is 3840. The number of aliphatic hydroxyl groups excluding tert-OH is 4. The minimum absolute atomic E-state index is 0.110. The zero-order valence-electron chi connectivity index (χ0n) is 78.4. The van der Waals surface area contributed by atoms with Gasteiger partial charge >= 0.3 is 0 Å². The highest BCUT2D eigenvalue weighted by Crippen LogP contribution is 2.75. The molecular formula is C106H166N6O13. The molecule has 20 rings (SSSR count). The van der Waals surface area contributed by atoms with Crippen LogP contribution in [0.1, 0.15) is 312 Å². The van der Waals surface area contributed by atoms with Gasteiger partial charge in [0, 0.05) is 100 Å². The molecule has 0 radical (unpaired) electrons. The number of morpholine rings is 1. The van der Waals surface area contributed by atoms with Crippen LogP contribution in [0.5, 0.6) is 0 Å². The zero-order chi connectivity index (χ0) is 88.1. The first-order valence-corrected chi connectivity index (χ1v) is 51.5. The summed E-state index contributed by atoms with van der Waals surface area (Å²) < 4.78 is 11.1. The SMILES string of the molecule is C[C@@]1(O)CC[C@@]2(CCO)[C@@H](CC[C@H]3[C@@H]4CC[C@H](C(=O)CN5CCOCC5)[C@@]4(C)CC[C@@H]32)C1.C[C@@]1(O)CC[C@@]2(CCO)[C@@H](CC[C@H]3[C@@H]4CC[C@H](C(=O)Cn5cccc5)[C@@]4(C)CC[C@@H]32)C1.C[C@@]1(O)CC[C@@]2(CCO)[C@@H](CC[C@H]3[C@@H]4CC[C@H](C(=O)Cn5cccn5)[C@@]4(C)CC[C@@H]32)C1.C[C@@]1(O)CC[C@@]2(CCO)[C@@H](CC[C@H]3[C@@H]4CC[C@H](C(=O)Cn5cccn5)[C@@]4(C)CC[C@@H]32)C1. The minimum Gasteiger partial charge on any atom is -0.396 e. The van der Waals surface area contributed by atoms with Gasteiger partial charge in [-0.1, -0.05) is 27.7 Å². The largest absolute Gasteiger partial charge is 0.396 e. The molecule has 0 bridgehead atoms. The van der Waals surface area contributed by atoms with Crippen molar-refractivity contribution in [3.8, 4) is 0 Å². The number of hydrogen-bond donors (Lipinski definition) is 8. The lowest BCUT2D eigenvalue weighted by molar-refractivity contribution is -0.163. The van der Waals surface area contributed by atoms with Gasteiger partial charge in [0.05, 0.1) is 61.8 Å². The van der Waals surface area contributed by atoms with E-state index in [2.05, 4.69) is 42.8 Å². The maximum Gasteiger partial charge on any atom is 0.157 e. The summed E-state index contributed by atoms with van der Waals surface area (Å²) >= 11 is 0. The van der Waals surface area contributed by atoms with Gasteiger partial charge in [-0.15, -0.1) is 0 Å². The monoisotopic (exact) mass is 1730 g/mol. The van der Waals surface area contributed by atoms with Crippen LogP contribution in [0.2, 0.25) is 0 Å². The summed E-state index contributed by atoms with van der Waals surface area (Å²) in [7, 11) is 0. The number of rotatable bonds is 20. The number of ether oxygens (including phenoxy) is 1. The Labute approximate surface area is 749 Å². The van der Waals surface area contributed by atoms with Gasteiger partial charge in [0.25, 0.3) is 0 Å². The smallest absolute Gasteiger partial charge is 0.157 e. The van der Waals surface area contributed by atoms with Crippen molar-refractivity contribution in [3.05, 3.63) is 61.4 Å².